The Kier molecular flexibility index (Phi) is 4.14. The van der Waals surface area contributed by atoms with Crippen LogP contribution in [0.3, 0.4) is 0 Å². The number of aromatic amines is 1. The van der Waals surface area contributed by atoms with Crippen LogP contribution in [0.15, 0.2) is 54.7 Å². The van der Waals surface area contributed by atoms with Gasteiger partial charge in [-0.3, -0.25) is 9.48 Å². The molecule has 2 N–H and O–H groups in total. The zero-order valence-electron chi connectivity index (χ0n) is 14.6. The van der Waals surface area contributed by atoms with E-state index in [0.717, 1.165) is 6.07 Å². The van der Waals surface area contributed by atoms with Crippen LogP contribution in [0.1, 0.15) is 16.1 Å². The molecule has 0 saturated carbocycles. The fraction of sp³-hybridized carbons (Fsp3) is 0.105. The molecule has 2 heterocycles. The number of halogens is 3. The number of hydrogen-bond donors (Lipinski definition) is 2. The summed E-state index contributed by atoms with van der Waals surface area (Å²) >= 11 is 0. The third-order valence-electron chi connectivity index (χ3n) is 4.28. The Labute approximate surface area is 157 Å². The topological polar surface area (TPSA) is 75.6 Å². The molecule has 0 bridgehead atoms. The fourth-order valence-electron chi connectivity index (χ4n) is 2.94. The van der Waals surface area contributed by atoms with Crippen LogP contribution in [-0.4, -0.2) is 25.7 Å². The lowest BCUT2D eigenvalue weighted by Crippen LogP contribution is -2.15. The molecule has 2 aromatic carbocycles. The van der Waals surface area contributed by atoms with E-state index < -0.39 is 11.7 Å². The number of carbonyl (C=O) groups excluding carboxylic acids is 1. The highest BCUT2D eigenvalue weighted by Gasteiger charge is 2.34. The van der Waals surface area contributed by atoms with E-state index in [1.54, 1.807) is 31.3 Å². The number of imidazole rings is 1. The molecule has 4 aromatic rings. The molecule has 0 saturated heterocycles. The second-order valence-electron chi connectivity index (χ2n) is 6.15. The summed E-state index contributed by atoms with van der Waals surface area (Å²) in [6, 6.07) is 11.7. The van der Waals surface area contributed by atoms with E-state index in [1.807, 2.05) is 0 Å². The first-order valence-electron chi connectivity index (χ1n) is 8.28. The molecule has 0 atom stereocenters. The monoisotopic (exact) mass is 385 g/mol. The predicted octanol–water partition coefficient (Wildman–Crippen LogP) is 4.23. The second kappa shape index (κ2) is 6.52. The Bertz CT molecular complexity index is 1180. The van der Waals surface area contributed by atoms with Crippen LogP contribution in [0.5, 0.6) is 0 Å². The van der Waals surface area contributed by atoms with E-state index in [4.69, 9.17) is 0 Å². The summed E-state index contributed by atoms with van der Waals surface area (Å²) in [5.41, 5.74) is 1.06. The highest BCUT2D eigenvalue weighted by atomic mass is 19.4. The van der Waals surface area contributed by atoms with Crippen molar-refractivity contribution in [3.05, 3.63) is 66.0 Å². The summed E-state index contributed by atoms with van der Waals surface area (Å²) in [4.78, 5) is 19.5. The van der Waals surface area contributed by atoms with Gasteiger partial charge in [0.15, 0.2) is 0 Å². The Morgan fingerprint density at radius 1 is 1.14 bits per heavy atom. The summed E-state index contributed by atoms with van der Waals surface area (Å²) in [6.45, 7) is 0. The van der Waals surface area contributed by atoms with Crippen molar-refractivity contribution < 1.29 is 18.0 Å². The van der Waals surface area contributed by atoms with Crippen LogP contribution in [0, 0.1) is 0 Å². The van der Waals surface area contributed by atoms with Gasteiger partial charge in [0.1, 0.15) is 11.5 Å². The normalized spacial score (nSPS) is 11.7. The van der Waals surface area contributed by atoms with Gasteiger partial charge in [-0.05, 0) is 30.3 Å². The lowest BCUT2D eigenvalue weighted by atomic mass is 10.1. The number of benzene rings is 2. The Morgan fingerprint density at radius 3 is 2.64 bits per heavy atom. The van der Waals surface area contributed by atoms with Crippen molar-refractivity contribution in [3.8, 4) is 11.4 Å². The highest BCUT2D eigenvalue weighted by Crippen LogP contribution is 2.36. The maximum Gasteiger partial charge on any atom is 0.417 e. The van der Waals surface area contributed by atoms with E-state index in [0.29, 0.717) is 22.4 Å². The molecule has 0 fully saturated rings. The minimum atomic E-state index is -4.49. The minimum Gasteiger partial charge on any atom is -0.338 e. The number of aromatic nitrogens is 4. The first-order chi connectivity index (χ1) is 13.3. The standard InChI is InChI=1S/C19H14F3N5O/c1-27-16(8-9-23-27)18(28)24-11-6-7-14-15(10-11)26-17(25-14)12-4-2-3-5-13(12)19(20,21)22/h2-10H,1H3,(H,24,28)(H,25,26). The largest absolute Gasteiger partial charge is 0.417 e. The molecule has 142 valence electrons. The van der Waals surface area contributed by atoms with Gasteiger partial charge in [0.2, 0.25) is 0 Å². The number of rotatable bonds is 3. The first kappa shape index (κ1) is 17.8. The van der Waals surface area contributed by atoms with Gasteiger partial charge in [-0.2, -0.15) is 18.3 Å². The molecule has 0 unspecified atom stereocenters. The number of anilines is 1. The van der Waals surface area contributed by atoms with Gasteiger partial charge in [-0.1, -0.05) is 18.2 Å². The van der Waals surface area contributed by atoms with Gasteiger partial charge >= 0.3 is 6.18 Å². The molecule has 28 heavy (non-hydrogen) atoms. The van der Waals surface area contributed by atoms with Crippen molar-refractivity contribution in [2.24, 2.45) is 7.05 Å². The number of alkyl halides is 3. The Balaban J connectivity index is 1.68. The van der Waals surface area contributed by atoms with Gasteiger partial charge in [0, 0.05) is 24.5 Å². The van der Waals surface area contributed by atoms with Crippen molar-refractivity contribution in [1.29, 1.82) is 0 Å². The molecule has 0 aliphatic carbocycles. The Hall–Kier alpha value is -3.62. The molecule has 1 amide bonds. The number of amides is 1. The van der Waals surface area contributed by atoms with Gasteiger partial charge in [0.05, 0.1) is 16.6 Å². The quantitative estimate of drug-likeness (QED) is 0.554. The lowest BCUT2D eigenvalue weighted by molar-refractivity contribution is -0.137. The number of H-pyrrole nitrogens is 1. The zero-order valence-corrected chi connectivity index (χ0v) is 14.6. The van der Waals surface area contributed by atoms with E-state index in [9.17, 15) is 18.0 Å². The SMILES string of the molecule is Cn1nccc1C(=O)Nc1ccc2nc(-c3ccccc3C(F)(F)F)[nH]c2c1. The zero-order chi connectivity index (χ0) is 19.9. The van der Waals surface area contributed by atoms with Gasteiger partial charge in [-0.25, -0.2) is 4.98 Å². The molecule has 2 aromatic heterocycles. The average Bonchev–Trinajstić information content (AvgIpc) is 3.26. The minimum absolute atomic E-state index is 0.0355. The molecular weight excluding hydrogens is 371 g/mol. The van der Waals surface area contributed by atoms with E-state index in [1.165, 1.54) is 29.1 Å². The van der Waals surface area contributed by atoms with Crippen molar-refractivity contribution in [1.82, 2.24) is 19.7 Å². The smallest absolute Gasteiger partial charge is 0.338 e. The molecule has 0 aliphatic heterocycles. The van der Waals surface area contributed by atoms with Crippen molar-refractivity contribution in [2.45, 2.75) is 6.18 Å². The Morgan fingerprint density at radius 2 is 1.93 bits per heavy atom. The number of nitrogens with zero attached hydrogens (tertiary/aromatic N) is 3. The fourth-order valence-corrected chi connectivity index (χ4v) is 2.94. The summed E-state index contributed by atoms with van der Waals surface area (Å²) < 4.78 is 41.2. The highest BCUT2D eigenvalue weighted by molar-refractivity contribution is 6.03. The van der Waals surface area contributed by atoms with E-state index >= 15 is 0 Å². The molecule has 0 aliphatic rings. The van der Waals surface area contributed by atoms with Crippen LogP contribution in [0.4, 0.5) is 18.9 Å². The maximum atomic E-state index is 13.3. The van der Waals surface area contributed by atoms with Crippen LogP contribution in [0.2, 0.25) is 0 Å². The van der Waals surface area contributed by atoms with Crippen LogP contribution < -0.4 is 5.32 Å². The van der Waals surface area contributed by atoms with Gasteiger partial charge in [-0.15, -0.1) is 0 Å². The molecule has 9 heteroatoms. The van der Waals surface area contributed by atoms with Crippen LogP contribution >= 0.6 is 0 Å². The lowest BCUT2D eigenvalue weighted by Gasteiger charge is -2.10. The van der Waals surface area contributed by atoms with E-state index in [-0.39, 0.29) is 17.3 Å². The van der Waals surface area contributed by atoms with E-state index in [2.05, 4.69) is 20.4 Å². The number of fused-ring (bicyclic) bond motifs is 1. The molecule has 0 radical (unpaired) electrons. The first-order valence-corrected chi connectivity index (χ1v) is 8.28. The molecule has 0 spiro atoms. The number of nitrogens with one attached hydrogen (secondary N) is 2. The number of hydrogen-bond acceptors (Lipinski definition) is 3. The third-order valence-corrected chi connectivity index (χ3v) is 4.28. The van der Waals surface area contributed by atoms with Crippen molar-refractivity contribution in [3.63, 3.8) is 0 Å². The van der Waals surface area contributed by atoms with Crippen LogP contribution in [-0.2, 0) is 13.2 Å². The summed E-state index contributed by atoms with van der Waals surface area (Å²) in [7, 11) is 1.65. The second-order valence-corrected chi connectivity index (χ2v) is 6.15. The number of carbonyl (C=O) groups is 1. The van der Waals surface area contributed by atoms with Crippen molar-refractivity contribution in [2.75, 3.05) is 5.32 Å². The maximum absolute atomic E-state index is 13.3. The van der Waals surface area contributed by atoms with Crippen molar-refractivity contribution >= 4 is 22.6 Å². The molecular formula is C19H14F3N5O. The number of aryl methyl sites for hydroxylation is 1. The molecule has 4 rings (SSSR count). The predicted molar refractivity (Wildman–Crippen MR) is 97.7 cm³/mol. The average molecular weight is 385 g/mol. The third kappa shape index (κ3) is 3.22. The van der Waals surface area contributed by atoms with Gasteiger partial charge < -0.3 is 10.3 Å². The summed E-state index contributed by atoms with van der Waals surface area (Å²) in [5.74, 6) is -0.237. The molecule has 6 nitrogen and oxygen atoms in total. The summed E-state index contributed by atoms with van der Waals surface area (Å²) in [5, 5.41) is 6.68. The van der Waals surface area contributed by atoms with Gasteiger partial charge in [0.25, 0.3) is 5.91 Å². The summed E-state index contributed by atoms with van der Waals surface area (Å²) in [6.07, 6.45) is -2.98. The van der Waals surface area contributed by atoms with Crippen LogP contribution in [0.25, 0.3) is 22.4 Å².